The number of nitrogens with zero attached hydrogens (tertiary/aromatic N) is 2. The lowest BCUT2D eigenvalue weighted by atomic mass is 9.85. The molecule has 1 saturated heterocycles. The second kappa shape index (κ2) is 7.34. The molecule has 1 rings (SSSR count). The van der Waals surface area contributed by atoms with E-state index < -0.39 is 0 Å². The molecule has 3 nitrogen and oxygen atoms in total. The second-order valence-corrected chi connectivity index (χ2v) is 6.03. The van der Waals surface area contributed by atoms with E-state index in [0.29, 0.717) is 12.0 Å². The number of hydrogen-bond acceptors (Lipinski definition) is 3. The van der Waals surface area contributed by atoms with Crippen molar-refractivity contribution in [2.24, 2.45) is 5.41 Å². The lowest BCUT2D eigenvalue weighted by molar-refractivity contribution is 0.109. The Hall–Kier alpha value is -0.120. The zero-order valence-corrected chi connectivity index (χ0v) is 11.9. The third kappa shape index (κ3) is 5.84. The Morgan fingerprint density at radius 3 is 2.00 bits per heavy atom. The Bertz CT molecular complexity index is 198. The first-order valence-corrected chi connectivity index (χ1v) is 7.13. The normalized spacial score (nSPS) is 19.8. The van der Waals surface area contributed by atoms with Crippen molar-refractivity contribution in [3.63, 3.8) is 0 Å². The summed E-state index contributed by atoms with van der Waals surface area (Å²) < 4.78 is 0. The Labute approximate surface area is 107 Å². The molecular formula is C14H30N2O. The summed E-state index contributed by atoms with van der Waals surface area (Å²) >= 11 is 0. The Morgan fingerprint density at radius 1 is 1.00 bits per heavy atom. The van der Waals surface area contributed by atoms with Gasteiger partial charge in [0.15, 0.2) is 0 Å². The first-order valence-electron chi connectivity index (χ1n) is 7.13. The molecule has 3 heteroatoms. The summed E-state index contributed by atoms with van der Waals surface area (Å²) in [4.78, 5) is 4.92. The monoisotopic (exact) mass is 242 g/mol. The smallest absolute Gasteiger partial charge is 0.0558 e. The van der Waals surface area contributed by atoms with E-state index in [-0.39, 0.29) is 0 Å². The summed E-state index contributed by atoms with van der Waals surface area (Å²) in [6, 6.07) is 0. The summed E-state index contributed by atoms with van der Waals surface area (Å²) in [6.45, 7) is 14.0. The molecule has 0 aromatic rings. The van der Waals surface area contributed by atoms with Crippen molar-refractivity contribution in [1.82, 2.24) is 9.80 Å². The number of piperazine rings is 1. The minimum atomic E-state index is 0.296. The van der Waals surface area contributed by atoms with Gasteiger partial charge in [0.05, 0.1) is 6.61 Å². The van der Waals surface area contributed by atoms with Gasteiger partial charge < -0.3 is 10.0 Å². The van der Waals surface area contributed by atoms with Crippen LogP contribution in [0.15, 0.2) is 0 Å². The van der Waals surface area contributed by atoms with Gasteiger partial charge in [0.2, 0.25) is 0 Å². The highest BCUT2D eigenvalue weighted by molar-refractivity contribution is 4.73. The lowest BCUT2D eigenvalue weighted by Crippen LogP contribution is -2.47. The van der Waals surface area contributed by atoms with Crippen LogP contribution in [0.5, 0.6) is 0 Å². The highest BCUT2D eigenvalue weighted by Gasteiger charge is 2.18. The topological polar surface area (TPSA) is 26.7 Å². The molecule has 0 amide bonds. The third-order valence-corrected chi connectivity index (χ3v) is 4.17. The molecule has 0 spiro atoms. The van der Waals surface area contributed by atoms with Gasteiger partial charge >= 0.3 is 0 Å². The molecule has 1 fully saturated rings. The maximum Gasteiger partial charge on any atom is 0.0558 e. The molecule has 0 bridgehead atoms. The minimum absolute atomic E-state index is 0.296. The predicted molar refractivity (Wildman–Crippen MR) is 73.3 cm³/mol. The van der Waals surface area contributed by atoms with Crippen LogP contribution in [-0.4, -0.2) is 60.8 Å². The fourth-order valence-electron chi connectivity index (χ4n) is 2.34. The fourth-order valence-corrected chi connectivity index (χ4v) is 2.34. The van der Waals surface area contributed by atoms with Crippen LogP contribution in [0.1, 0.15) is 40.0 Å². The molecule has 1 aliphatic heterocycles. The second-order valence-electron chi connectivity index (χ2n) is 6.03. The fraction of sp³-hybridized carbons (Fsp3) is 1.00. The zero-order chi connectivity index (χ0) is 12.7. The molecule has 0 aliphatic carbocycles. The van der Waals surface area contributed by atoms with Crippen molar-refractivity contribution < 1.29 is 5.11 Å². The molecule has 102 valence electrons. The number of hydrogen-bond donors (Lipinski definition) is 1. The van der Waals surface area contributed by atoms with Gasteiger partial charge in [-0.3, -0.25) is 4.90 Å². The van der Waals surface area contributed by atoms with Gasteiger partial charge in [-0.1, -0.05) is 27.2 Å². The van der Waals surface area contributed by atoms with Crippen LogP contribution in [0.4, 0.5) is 0 Å². The van der Waals surface area contributed by atoms with Crippen LogP contribution in [0.2, 0.25) is 0 Å². The van der Waals surface area contributed by atoms with E-state index in [1.165, 1.54) is 38.9 Å². The van der Waals surface area contributed by atoms with E-state index in [1.807, 2.05) is 0 Å². The first-order chi connectivity index (χ1) is 8.07. The van der Waals surface area contributed by atoms with Crippen LogP contribution in [0, 0.1) is 5.41 Å². The van der Waals surface area contributed by atoms with Crippen LogP contribution in [0.3, 0.4) is 0 Å². The number of β-amino-alcohol motifs (C(OH)–C–C–N with tert-alkyl or cyclic N) is 1. The van der Waals surface area contributed by atoms with Crippen molar-refractivity contribution in [3.05, 3.63) is 0 Å². The predicted octanol–water partition coefficient (Wildman–Crippen LogP) is 1.81. The van der Waals surface area contributed by atoms with Gasteiger partial charge in [0.1, 0.15) is 0 Å². The van der Waals surface area contributed by atoms with Crippen molar-refractivity contribution in [3.8, 4) is 0 Å². The van der Waals surface area contributed by atoms with Crippen LogP contribution >= 0.6 is 0 Å². The maximum absolute atomic E-state index is 8.89. The van der Waals surface area contributed by atoms with E-state index in [0.717, 1.165) is 19.6 Å². The quantitative estimate of drug-likeness (QED) is 0.737. The van der Waals surface area contributed by atoms with Crippen molar-refractivity contribution in [2.75, 3.05) is 45.9 Å². The largest absolute Gasteiger partial charge is 0.395 e. The van der Waals surface area contributed by atoms with Gasteiger partial charge in [0, 0.05) is 32.7 Å². The Balaban J connectivity index is 2.10. The van der Waals surface area contributed by atoms with Gasteiger partial charge in [0.25, 0.3) is 0 Å². The Morgan fingerprint density at radius 2 is 1.53 bits per heavy atom. The summed E-state index contributed by atoms with van der Waals surface area (Å²) in [5, 5.41) is 8.89. The summed E-state index contributed by atoms with van der Waals surface area (Å²) in [6.07, 6.45) is 3.93. The molecule has 1 heterocycles. The standard InChI is InChI=1S/C14H30N2O/c1-4-14(2,3)6-5-7-15-8-10-16(11-9-15)12-13-17/h17H,4-13H2,1-3H3. The van der Waals surface area contributed by atoms with Crippen molar-refractivity contribution in [2.45, 2.75) is 40.0 Å². The molecule has 1 N–H and O–H groups in total. The molecule has 0 atom stereocenters. The van der Waals surface area contributed by atoms with Gasteiger partial charge in [-0.15, -0.1) is 0 Å². The van der Waals surface area contributed by atoms with E-state index in [4.69, 9.17) is 5.11 Å². The molecule has 17 heavy (non-hydrogen) atoms. The minimum Gasteiger partial charge on any atom is -0.395 e. The van der Waals surface area contributed by atoms with Crippen molar-refractivity contribution >= 4 is 0 Å². The molecular weight excluding hydrogens is 212 g/mol. The van der Waals surface area contributed by atoms with Gasteiger partial charge in [-0.2, -0.15) is 0 Å². The highest BCUT2D eigenvalue weighted by Crippen LogP contribution is 2.26. The van der Waals surface area contributed by atoms with E-state index in [1.54, 1.807) is 0 Å². The molecule has 0 aromatic carbocycles. The van der Waals surface area contributed by atoms with E-state index >= 15 is 0 Å². The first kappa shape index (κ1) is 14.9. The molecule has 0 aromatic heterocycles. The maximum atomic E-state index is 8.89. The number of rotatable bonds is 7. The summed E-state index contributed by atoms with van der Waals surface area (Å²) in [5.74, 6) is 0. The van der Waals surface area contributed by atoms with E-state index in [2.05, 4.69) is 30.6 Å². The molecule has 0 saturated carbocycles. The summed E-state index contributed by atoms with van der Waals surface area (Å²) in [7, 11) is 0. The van der Waals surface area contributed by atoms with Gasteiger partial charge in [-0.05, 0) is 24.8 Å². The molecule has 0 unspecified atom stereocenters. The number of aliphatic hydroxyl groups is 1. The highest BCUT2D eigenvalue weighted by atomic mass is 16.3. The van der Waals surface area contributed by atoms with Crippen LogP contribution < -0.4 is 0 Å². The SMILES string of the molecule is CCC(C)(C)CCCN1CCN(CCO)CC1. The Kier molecular flexibility index (Phi) is 6.45. The van der Waals surface area contributed by atoms with Gasteiger partial charge in [-0.25, -0.2) is 0 Å². The molecule has 1 aliphatic rings. The average molecular weight is 242 g/mol. The van der Waals surface area contributed by atoms with Crippen LogP contribution in [0.25, 0.3) is 0 Å². The van der Waals surface area contributed by atoms with Crippen molar-refractivity contribution in [1.29, 1.82) is 0 Å². The zero-order valence-electron chi connectivity index (χ0n) is 11.9. The third-order valence-electron chi connectivity index (χ3n) is 4.17. The summed E-state index contributed by atoms with van der Waals surface area (Å²) in [5.41, 5.74) is 0.513. The van der Waals surface area contributed by atoms with Crippen LogP contribution in [-0.2, 0) is 0 Å². The molecule has 0 radical (unpaired) electrons. The number of aliphatic hydroxyl groups excluding tert-OH is 1. The van der Waals surface area contributed by atoms with E-state index in [9.17, 15) is 0 Å². The lowest BCUT2D eigenvalue weighted by Gasteiger charge is -2.35. The average Bonchev–Trinajstić information content (AvgIpc) is 2.32.